The van der Waals surface area contributed by atoms with Gasteiger partial charge in [-0.25, -0.2) is 15.0 Å². The molecule has 1 saturated heterocycles. The van der Waals surface area contributed by atoms with Crippen molar-refractivity contribution in [3.8, 4) is 17.0 Å². The zero-order valence-corrected chi connectivity index (χ0v) is 23.5. The zero-order chi connectivity index (χ0) is 27.3. The molecule has 8 nitrogen and oxygen atoms in total. The van der Waals surface area contributed by atoms with E-state index >= 15 is 0 Å². The van der Waals surface area contributed by atoms with Gasteiger partial charge in [0.15, 0.2) is 5.79 Å². The van der Waals surface area contributed by atoms with Crippen LogP contribution in [0, 0.1) is 0 Å². The Bertz CT molecular complexity index is 1630. The van der Waals surface area contributed by atoms with Crippen LogP contribution in [0.15, 0.2) is 78.0 Å². The van der Waals surface area contributed by atoms with Crippen molar-refractivity contribution in [2.45, 2.75) is 56.8 Å². The maximum Gasteiger partial charge on any atom is 0.163 e. The van der Waals surface area contributed by atoms with Crippen LogP contribution in [0.25, 0.3) is 22.3 Å². The quantitative estimate of drug-likeness (QED) is 0.249. The molecule has 4 atom stereocenters. The molecule has 1 saturated carbocycles. The molecule has 0 radical (unpaired) electrons. The molecule has 5 aromatic rings. The Balaban J connectivity index is 1.19. The summed E-state index contributed by atoms with van der Waals surface area (Å²) < 4.78 is 20.6. The summed E-state index contributed by atoms with van der Waals surface area (Å²) in [6, 6.07) is 18.9. The Hall–Kier alpha value is -3.79. The van der Waals surface area contributed by atoms with Crippen molar-refractivity contribution in [2.75, 3.05) is 12.4 Å². The number of hydrogen-bond acceptors (Lipinski definition) is 8. The van der Waals surface area contributed by atoms with Crippen LogP contribution in [0.3, 0.4) is 0 Å². The maximum atomic E-state index is 6.54. The Morgan fingerprint density at radius 1 is 1.05 bits per heavy atom. The summed E-state index contributed by atoms with van der Waals surface area (Å²) in [6.07, 6.45) is 4.48. The van der Waals surface area contributed by atoms with Crippen molar-refractivity contribution in [3.63, 3.8) is 0 Å². The van der Waals surface area contributed by atoms with Crippen molar-refractivity contribution in [2.24, 2.45) is 0 Å². The lowest BCUT2D eigenvalue weighted by Gasteiger charge is -2.25. The van der Waals surface area contributed by atoms with Crippen molar-refractivity contribution in [3.05, 3.63) is 89.1 Å². The monoisotopic (exact) mass is 553 g/mol. The number of aromatic nitrogens is 4. The number of nitrogens with zero attached hydrogens (tertiary/aromatic N) is 4. The van der Waals surface area contributed by atoms with E-state index in [1.807, 2.05) is 31.5 Å². The van der Waals surface area contributed by atoms with Crippen LogP contribution in [0.4, 0.5) is 5.82 Å². The molecule has 0 bridgehead atoms. The van der Waals surface area contributed by atoms with E-state index in [0.717, 1.165) is 45.8 Å². The Labute approximate surface area is 237 Å². The van der Waals surface area contributed by atoms with Crippen LogP contribution in [0.2, 0.25) is 0 Å². The van der Waals surface area contributed by atoms with Crippen LogP contribution in [0.5, 0.6) is 5.75 Å². The van der Waals surface area contributed by atoms with E-state index in [0.29, 0.717) is 6.54 Å². The molecular formula is C31H31N5O3S. The van der Waals surface area contributed by atoms with Gasteiger partial charge in [-0.05, 0) is 55.7 Å². The van der Waals surface area contributed by atoms with Crippen molar-refractivity contribution < 1.29 is 14.2 Å². The van der Waals surface area contributed by atoms with Gasteiger partial charge >= 0.3 is 0 Å². The van der Waals surface area contributed by atoms with Crippen LogP contribution in [0.1, 0.15) is 43.4 Å². The first-order valence-corrected chi connectivity index (χ1v) is 14.5. The minimum Gasteiger partial charge on any atom is -0.497 e. The molecule has 2 aromatic carbocycles. The van der Waals surface area contributed by atoms with Crippen LogP contribution < -0.4 is 10.1 Å². The number of rotatable bonds is 7. The average Bonchev–Trinajstić information content (AvgIpc) is 3.76. The Morgan fingerprint density at radius 3 is 2.70 bits per heavy atom. The highest BCUT2D eigenvalue weighted by Crippen LogP contribution is 2.51. The van der Waals surface area contributed by atoms with Gasteiger partial charge in [0.05, 0.1) is 35.8 Å². The molecular weight excluding hydrogens is 522 g/mol. The van der Waals surface area contributed by atoms with Gasteiger partial charge in [-0.15, -0.1) is 11.3 Å². The fourth-order valence-corrected chi connectivity index (χ4v) is 6.71. The average molecular weight is 554 g/mol. The van der Waals surface area contributed by atoms with Crippen molar-refractivity contribution in [1.82, 2.24) is 19.5 Å². The van der Waals surface area contributed by atoms with Crippen molar-refractivity contribution in [1.29, 1.82) is 0 Å². The fraction of sp³-hybridized carbons (Fsp3) is 0.323. The van der Waals surface area contributed by atoms with Crippen LogP contribution in [-0.4, -0.2) is 44.6 Å². The predicted molar refractivity (Wildman–Crippen MR) is 156 cm³/mol. The van der Waals surface area contributed by atoms with E-state index in [1.54, 1.807) is 24.8 Å². The molecule has 0 spiro atoms. The number of benzene rings is 2. The molecule has 40 heavy (non-hydrogen) atoms. The molecule has 1 aliphatic carbocycles. The molecule has 1 aliphatic heterocycles. The van der Waals surface area contributed by atoms with E-state index < -0.39 is 5.79 Å². The predicted octanol–water partition coefficient (Wildman–Crippen LogP) is 6.42. The van der Waals surface area contributed by atoms with Gasteiger partial charge in [0, 0.05) is 29.6 Å². The van der Waals surface area contributed by atoms with Crippen LogP contribution in [-0.2, 0) is 16.0 Å². The van der Waals surface area contributed by atoms with Gasteiger partial charge in [0.2, 0.25) is 0 Å². The summed E-state index contributed by atoms with van der Waals surface area (Å²) in [6.45, 7) is 4.66. The topological polar surface area (TPSA) is 83.3 Å². The number of anilines is 1. The zero-order valence-electron chi connectivity index (χ0n) is 22.7. The number of methoxy groups -OCH3 is 1. The number of nitrogens with one attached hydrogen (secondary N) is 1. The van der Waals surface area contributed by atoms with E-state index in [1.165, 1.54) is 5.56 Å². The van der Waals surface area contributed by atoms with Gasteiger partial charge in [-0.2, -0.15) is 0 Å². The summed E-state index contributed by atoms with van der Waals surface area (Å²) in [4.78, 5) is 13.8. The minimum atomic E-state index is -0.651. The van der Waals surface area contributed by atoms with Gasteiger partial charge in [0.1, 0.15) is 29.6 Å². The van der Waals surface area contributed by atoms with Gasteiger partial charge in [-0.3, -0.25) is 0 Å². The Kier molecular flexibility index (Phi) is 6.30. The second-order valence-electron chi connectivity index (χ2n) is 10.9. The lowest BCUT2D eigenvalue weighted by molar-refractivity contribution is -0.157. The van der Waals surface area contributed by atoms with E-state index in [-0.39, 0.29) is 24.2 Å². The third-order valence-electron chi connectivity index (χ3n) is 7.96. The molecule has 0 amide bonds. The van der Waals surface area contributed by atoms with E-state index in [4.69, 9.17) is 19.2 Å². The third kappa shape index (κ3) is 4.54. The molecule has 204 valence electrons. The second kappa shape index (κ2) is 9.99. The first-order valence-electron chi connectivity index (χ1n) is 13.5. The lowest BCUT2D eigenvalue weighted by Crippen LogP contribution is -2.27. The number of ether oxygens (including phenoxy) is 3. The molecule has 3 aromatic heterocycles. The number of fused-ring (bicyclic) bond motifs is 2. The fourth-order valence-electron chi connectivity index (χ4n) is 6.14. The first-order chi connectivity index (χ1) is 19.5. The molecule has 1 N–H and O–H groups in total. The summed E-state index contributed by atoms with van der Waals surface area (Å²) in [5, 5.41) is 6.57. The second-order valence-corrected chi connectivity index (χ2v) is 11.6. The van der Waals surface area contributed by atoms with Gasteiger partial charge in [0.25, 0.3) is 0 Å². The largest absolute Gasteiger partial charge is 0.497 e. The summed E-state index contributed by atoms with van der Waals surface area (Å²) in [5.74, 6) is 1.18. The number of hydrogen-bond donors (Lipinski definition) is 1. The van der Waals surface area contributed by atoms with Gasteiger partial charge < -0.3 is 24.1 Å². The maximum absolute atomic E-state index is 6.54. The molecule has 4 heterocycles. The molecule has 9 heteroatoms. The van der Waals surface area contributed by atoms with Crippen molar-refractivity contribution >= 4 is 28.2 Å². The standard InChI is InChI=1S/C31H31N5O3S/c1-31(2)38-27-24(20-5-4-6-21(13-20)25-16-40-18-35-25)14-26(28(27)39-31)36-12-11-23-29(33-17-34-30(23)36)32-15-19-7-9-22(37-3)10-8-19/h4-13,16-18,24,26-28H,14-15H2,1-3H3,(H,32,33,34)/t24-,26-,27-,28+/m1/s1. The highest BCUT2D eigenvalue weighted by molar-refractivity contribution is 7.07. The SMILES string of the molecule is COc1ccc(CNc2ncnc3c2ccn3[C@@H]2C[C@H](c3cccc(-c4cscn4)c3)[C@H]3OC(C)(C)O[C@H]32)cc1. The molecule has 2 fully saturated rings. The van der Waals surface area contributed by atoms with E-state index in [9.17, 15) is 0 Å². The summed E-state index contributed by atoms with van der Waals surface area (Å²) in [5.41, 5.74) is 7.29. The molecule has 2 aliphatic rings. The lowest BCUT2D eigenvalue weighted by atomic mass is 9.93. The minimum absolute atomic E-state index is 0.0577. The normalized spacial score (nSPS) is 23.4. The third-order valence-corrected chi connectivity index (χ3v) is 8.55. The molecule has 7 rings (SSSR count). The van der Waals surface area contributed by atoms with Crippen LogP contribution >= 0.6 is 11.3 Å². The number of thiazole rings is 1. The highest BCUT2D eigenvalue weighted by atomic mass is 32.1. The highest BCUT2D eigenvalue weighted by Gasteiger charge is 2.55. The smallest absolute Gasteiger partial charge is 0.163 e. The van der Waals surface area contributed by atoms with E-state index in [2.05, 4.69) is 73.9 Å². The van der Waals surface area contributed by atoms with Gasteiger partial charge in [-0.1, -0.05) is 30.3 Å². The first kappa shape index (κ1) is 25.2. The Morgan fingerprint density at radius 2 is 1.90 bits per heavy atom. The molecule has 0 unspecified atom stereocenters. The summed E-state index contributed by atoms with van der Waals surface area (Å²) in [7, 11) is 1.67. The summed E-state index contributed by atoms with van der Waals surface area (Å²) >= 11 is 1.61.